The summed E-state index contributed by atoms with van der Waals surface area (Å²) >= 11 is 0. The van der Waals surface area contributed by atoms with Gasteiger partial charge in [0.25, 0.3) is 5.91 Å². The number of rotatable bonds is 3. The first-order chi connectivity index (χ1) is 9.61. The number of hydrogen-bond acceptors (Lipinski definition) is 2. The van der Waals surface area contributed by atoms with E-state index in [4.69, 9.17) is 0 Å². The van der Waals surface area contributed by atoms with E-state index in [1.54, 1.807) is 0 Å². The summed E-state index contributed by atoms with van der Waals surface area (Å²) in [5.74, 6) is -1.17. The molecule has 1 fully saturated rings. The van der Waals surface area contributed by atoms with Crippen molar-refractivity contribution in [3.63, 3.8) is 0 Å². The summed E-state index contributed by atoms with van der Waals surface area (Å²) in [5, 5.41) is 12.2. The van der Waals surface area contributed by atoms with Crippen LogP contribution in [0.3, 0.4) is 0 Å². The van der Waals surface area contributed by atoms with Crippen LogP contribution < -0.4 is 5.32 Å². The van der Waals surface area contributed by atoms with Gasteiger partial charge in [0, 0.05) is 5.56 Å². The maximum atomic E-state index is 12.3. The van der Waals surface area contributed by atoms with Crippen molar-refractivity contribution in [2.24, 2.45) is 0 Å². The van der Waals surface area contributed by atoms with Gasteiger partial charge in [0.2, 0.25) is 0 Å². The van der Waals surface area contributed by atoms with Crippen molar-refractivity contribution in [2.45, 2.75) is 50.5 Å². The van der Waals surface area contributed by atoms with Crippen LogP contribution in [0.5, 0.6) is 0 Å². The summed E-state index contributed by atoms with van der Waals surface area (Å²) in [6, 6.07) is 5.73. The molecule has 106 valence electrons. The van der Waals surface area contributed by atoms with Gasteiger partial charge in [-0.15, -0.1) is 0 Å². The number of amides is 1. The predicted octanol–water partition coefficient (Wildman–Crippen LogP) is 2.30. The topological polar surface area (TPSA) is 66.4 Å². The standard InChI is InChI=1S/C16H19NO3/c18-14(17-16(15(19)20)8-1-2-9-16)13-7-6-11-4-3-5-12(11)10-13/h6-7,10H,1-5,8-9H2,(H,17,18)(H,19,20). The van der Waals surface area contributed by atoms with Crippen LogP contribution in [-0.2, 0) is 17.6 Å². The SMILES string of the molecule is O=C(NC1(C(=O)O)CCCC1)c1ccc2c(c1)CCC2. The Hall–Kier alpha value is -1.84. The molecule has 4 nitrogen and oxygen atoms in total. The molecule has 0 bridgehead atoms. The molecule has 1 aromatic carbocycles. The molecule has 0 atom stereocenters. The van der Waals surface area contributed by atoms with Gasteiger partial charge in [0.05, 0.1) is 0 Å². The highest BCUT2D eigenvalue weighted by atomic mass is 16.4. The van der Waals surface area contributed by atoms with E-state index < -0.39 is 11.5 Å². The van der Waals surface area contributed by atoms with Crippen molar-refractivity contribution in [1.29, 1.82) is 0 Å². The molecule has 4 heteroatoms. The summed E-state index contributed by atoms with van der Waals surface area (Å²) < 4.78 is 0. The largest absolute Gasteiger partial charge is 0.480 e. The van der Waals surface area contributed by atoms with E-state index >= 15 is 0 Å². The lowest BCUT2D eigenvalue weighted by Crippen LogP contribution is -2.52. The molecular weight excluding hydrogens is 254 g/mol. The van der Waals surface area contributed by atoms with Crippen molar-refractivity contribution < 1.29 is 14.7 Å². The van der Waals surface area contributed by atoms with Crippen LogP contribution >= 0.6 is 0 Å². The third-order valence-corrected chi connectivity index (χ3v) is 4.58. The third kappa shape index (κ3) is 2.19. The van der Waals surface area contributed by atoms with E-state index in [0.717, 1.165) is 32.1 Å². The minimum atomic E-state index is -1.06. The molecule has 3 rings (SSSR count). The Morgan fingerprint density at radius 2 is 1.75 bits per heavy atom. The summed E-state index contributed by atoms with van der Waals surface area (Å²) in [6.07, 6.45) is 6.00. The molecule has 2 aliphatic rings. The molecular formula is C16H19NO3. The van der Waals surface area contributed by atoms with E-state index in [1.807, 2.05) is 18.2 Å². The summed E-state index contributed by atoms with van der Waals surface area (Å²) in [5.41, 5.74) is 2.07. The van der Waals surface area contributed by atoms with Gasteiger partial charge >= 0.3 is 5.97 Å². The van der Waals surface area contributed by atoms with Gasteiger partial charge in [-0.1, -0.05) is 18.9 Å². The minimum Gasteiger partial charge on any atom is -0.480 e. The Labute approximate surface area is 118 Å². The van der Waals surface area contributed by atoms with Gasteiger partial charge in [0.15, 0.2) is 0 Å². The van der Waals surface area contributed by atoms with Gasteiger partial charge in [0.1, 0.15) is 5.54 Å². The van der Waals surface area contributed by atoms with E-state index in [-0.39, 0.29) is 5.91 Å². The summed E-state index contributed by atoms with van der Waals surface area (Å²) in [4.78, 5) is 23.8. The van der Waals surface area contributed by atoms with Crippen molar-refractivity contribution in [1.82, 2.24) is 5.32 Å². The number of nitrogens with one attached hydrogen (secondary N) is 1. The number of fused-ring (bicyclic) bond motifs is 1. The highest BCUT2D eigenvalue weighted by Crippen LogP contribution is 2.30. The molecule has 0 saturated heterocycles. The van der Waals surface area contributed by atoms with Gasteiger partial charge in [-0.05, 0) is 55.4 Å². The lowest BCUT2D eigenvalue weighted by atomic mass is 9.96. The fraction of sp³-hybridized carbons (Fsp3) is 0.500. The molecule has 1 aromatic rings. The number of benzene rings is 1. The zero-order chi connectivity index (χ0) is 14.2. The first-order valence-electron chi connectivity index (χ1n) is 7.28. The second-order valence-corrected chi connectivity index (χ2v) is 5.89. The Kier molecular flexibility index (Phi) is 3.24. The zero-order valence-electron chi connectivity index (χ0n) is 11.4. The van der Waals surface area contributed by atoms with Gasteiger partial charge in [-0.25, -0.2) is 4.79 Å². The highest BCUT2D eigenvalue weighted by molar-refractivity contribution is 5.98. The number of carbonyl (C=O) groups is 2. The lowest BCUT2D eigenvalue weighted by Gasteiger charge is -2.25. The van der Waals surface area contributed by atoms with Crippen molar-refractivity contribution >= 4 is 11.9 Å². The number of carbonyl (C=O) groups excluding carboxylic acids is 1. The summed E-state index contributed by atoms with van der Waals surface area (Å²) in [6.45, 7) is 0. The minimum absolute atomic E-state index is 0.260. The number of aliphatic carboxylic acids is 1. The average molecular weight is 273 g/mol. The summed E-state index contributed by atoms with van der Waals surface area (Å²) in [7, 11) is 0. The smallest absolute Gasteiger partial charge is 0.329 e. The first-order valence-corrected chi connectivity index (χ1v) is 7.28. The van der Waals surface area contributed by atoms with Crippen LogP contribution in [0.25, 0.3) is 0 Å². The Morgan fingerprint density at radius 3 is 2.45 bits per heavy atom. The Bertz CT molecular complexity index is 559. The number of carboxylic acid groups (broad SMARTS) is 1. The van der Waals surface area contributed by atoms with Gasteiger partial charge in [-0.2, -0.15) is 0 Å². The van der Waals surface area contributed by atoms with E-state index in [9.17, 15) is 14.7 Å². The molecule has 1 amide bonds. The second-order valence-electron chi connectivity index (χ2n) is 5.89. The number of hydrogen-bond donors (Lipinski definition) is 2. The van der Waals surface area contributed by atoms with Crippen molar-refractivity contribution in [2.75, 3.05) is 0 Å². The quantitative estimate of drug-likeness (QED) is 0.888. The molecule has 2 N–H and O–H groups in total. The maximum Gasteiger partial charge on any atom is 0.329 e. The fourth-order valence-electron chi connectivity index (χ4n) is 3.37. The fourth-order valence-corrected chi connectivity index (χ4v) is 3.37. The third-order valence-electron chi connectivity index (χ3n) is 4.58. The Morgan fingerprint density at radius 1 is 1.05 bits per heavy atom. The average Bonchev–Trinajstić information content (AvgIpc) is 3.06. The van der Waals surface area contributed by atoms with Crippen LogP contribution in [-0.4, -0.2) is 22.5 Å². The molecule has 0 aliphatic heterocycles. The van der Waals surface area contributed by atoms with E-state index in [0.29, 0.717) is 18.4 Å². The van der Waals surface area contributed by atoms with Crippen LogP contribution in [0.1, 0.15) is 53.6 Å². The van der Waals surface area contributed by atoms with Gasteiger partial charge in [-0.3, -0.25) is 4.79 Å². The maximum absolute atomic E-state index is 12.3. The first kappa shape index (κ1) is 13.2. The Balaban J connectivity index is 1.80. The molecule has 0 spiro atoms. The monoisotopic (exact) mass is 273 g/mol. The van der Waals surface area contributed by atoms with Crippen molar-refractivity contribution in [3.05, 3.63) is 34.9 Å². The molecule has 0 heterocycles. The zero-order valence-corrected chi connectivity index (χ0v) is 11.4. The molecule has 0 radical (unpaired) electrons. The van der Waals surface area contributed by atoms with Gasteiger partial charge < -0.3 is 10.4 Å². The van der Waals surface area contributed by atoms with Crippen LogP contribution in [0, 0.1) is 0 Å². The van der Waals surface area contributed by atoms with E-state index in [1.165, 1.54) is 11.1 Å². The molecule has 0 aromatic heterocycles. The van der Waals surface area contributed by atoms with Crippen LogP contribution in [0.2, 0.25) is 0 Å². The molecule has 20 heavy (non-hydrogen) atoms. The molecule has 0 unspecified atom stereocenters. The van der Waals surface area contributed by atoms with Crippen molar-refractivity contribution in [3.8, 4) is 0 Å². The number of carboxylic acids is 1. The van der Waals surface area contributed by atoms with Crippen LogP contribution in [0.4, 0.5) is 0 Å². The molecule has 2 aliphatic carbocycles. The second kappa shape index (κ2) is 4.93. The van der Waals surface area contributed by atoms with Crippen LogP contribution in [0.15, 0.2) is 18.2 Å². The van der Waals surface area contributed by atoms with E-state index in [2.05, 4.69) is 5.32 Å². The highest BCUT2D eigenvalue weighted by Gasteiger charge is 2.42. The lowest BCUT2D eigenvalue weighted by molar-refractivity contribution is -0.144. The predicted molar refractivity (Wildman–Crippen MR) is 74.8 cm³/mol. The normalized spacial score (nSPS) is 19.6. The molecule has 1 saturated carbocycles. The number of aryl methyl sites for hydroxylation is 2.